The number of rotatable bonds is 7. The first-order chi connectivity index (χ1) is 7.36. The van der Waals surface area contributed by atoms with Crippen LogP contribution in [0.1, 0.15) is 13.8 Å². The standard InChI is InChI=1S/C12H18NOS/c1-3-13(4-2)15-11-10-14-12-8-6-5-7-9-12/h5-8H,3-4,10-11H2,1-2H3. The Bertz CT molecular complexity index is 249. The van der Waals surface area contributed by atoms with E-state index in [-0.39, 0.29) is 0 Å². The minimum Gasteiger partial charge on any atom is -0.492 e. The van der Waals surface area contributed by atoms with Gasteiger partial charge in [-0.1, -0.05) is 44.0 Å². The molecule has 15 heavy (non-hydrogen) atoms. The molecule has 2 nitrogen and oxygen atoms in total. The van der Waals surface area contributed by atoms with Crippen molar-refractivity contribution >= 4 is 11.9 Å². The van der Waals surface area contributed by atoms with Gasteiger partial charge in [-0.2, -0.15) is 0 Å². The van der Waals surface area contributed by atoms with Gasteiger partial charge in [0, 0.05) is 24.9 Å². The van der Waals surface area contributed by atoms with Crippen LogP contribution in [-0.2, 0) is 0 Å². The molecule has 3 heteroatoms. The maximum absolute atomic E-state index is 5.54. The molecule has 0 saturated heterocycles. The Morgan fingerprint density at radius 2 is 2.13 bits per heavy atom. The van der Waals surface area contributed by atoms with Crippen LogP contribution in [0.2, 0.25) is 0 Å². The van der Waals surface area contributed by atoms with E-state index in [1.54, 1.807) is 0 Å². The van der Waals surface area contributed by atoms with Gasteiger partial charge in [-0.05, 0) is 6.07 Å². The molecule has 83 valence electrons. The molecular formula is C12H18NOS. The van der Waals surface area contributed by atoms with E-state index in [9.17, 15) is 0 Å². The van der Waals surface area contributed by atoms with Crippen LogP contribution < -0.4 is 4.74 Å². The van der Waals surface area contributed by atoms with Gasteiger partial charge in [-0.25, -0.2) is 0 Å². The molecule has 0 unspecified atom stereocenters. The molecular weight excluding hydrogens is 206 g/mol. The van der Waals surface area contributed by atoms with Crippen molar-refractivity contribution in [3.05, 3.63) is 30.3 Å². The van der Waals surface area contributed by atoms with Gasteiger partial charge in [-0.3, -0.25) is 4.31 Å². The molecule has 0 aliphatic rings. The number of nitrogens with zero attached hydrogens (tertiary/aromatic N) is 1. The maximum Gasteiger partial charge on any atom is 0.127 e. The summed E-state index contributed by atoms with van der Waals surface area (Å²) < 4.78 is 7.86. The highest BCUT2D eigenvalue weighted by Gasteiger charge is 1.99. The van der Waals surface area contributed by atoms with E-state index < -0.39 is 0 Å². The molecule has 0 bridgehead atoms. The van der Waals surface area contributed by atoms with Gasteiger partial charge in [0.25, 0.3) is 0 Å². The summed E-state index contributed by atoms with van der Waals surface area (Å²) in [5.74, 6) is 1.82. The Hall–Kier alpha value is -0.670. The van der Waals surface area contributed by atoms with Crippen molar-refractivity contribution in [1.82, 2.24) is 4.31 Å². The highest BCUT2D eigenvalue weighted by atomic mass is 32.2. The molecule has 1 radical (unpaired) electrons. The lowest BCUT2D eigenvalue weighted by Crippen LogP contribution is -2.16. The Balaban J connectivity index is 2.12. The molecule has 0 aliphatic heterocycles. The lowest BCUT2D eigenvalue weighted by molar-refractivity contribution is 0.341. The van der Waals surface area contributed by atoms with Crippen LogP contribution in [-0.4, -0.2) is 29.8 Å². The minimum absolute atomic E-state index is 0.738. The monoisotopic (exact) mass is 224 g/mol. The zero-order valence-corrected chi connectivity index (χ0v) is 10.2. The van der Waals surface area contributed by atoms with Crippen LogP contribution in [0.15, 0.2) is 24.3 Å². The summed E-state index contributed by atoms with van der Waals surface area (Å²) in [6, 6.07) is 10.7. The highest BCUT2D eigenvalue weighted by Crippen LogP contribution is 2.11. The van der Waals surface area contributed by atoms with Gasteiger partial charge in [0.15, 0.2) is 0 Å². The van der Waals surface area contributed by atoms with Crippen molar-refractivity contribution in [2.24, 2.45) is 0 Å². The summed E-state index contributed by atoms with van der Waals surface area (Å²) >= 11 is 1.84. The molecule has 0 aromatic heterocycles. The summed E-state index contributed by atoms with van der Waals surface area (Å²) in [5, 5.41) is 0. The fraction of sp³-hybridized carbons (Fsp3) is 0.500. The SMILES string of the molecule is CCN(CC)SCCOc1[c]cccc1. The zero-order valence-electron chi connectivity index (χ0n) is 9.40. The van der Waals surface area contributed by atoms with Crippen LogP contribution in [0.25, 0.3) is 0 Å². The van der Waals surface area contributed by atoms with Gasteiger partial charge in [0.05, 0.1) is 6.61 Å². The zero-order chi connectivity index (χ0) is 10.9. The van der Waals surface area contributed by atoms with Crippen LogP contribution >= 0.6 is 11.9 Å². The van der Waals surface area contributed by atoms with Gasteiger partial charge in [-0.15, -0.1) is 0 Å². The van der Waals surface area contributed by atoms with Crippen molar-refractivity contribution in [1.29, 1.82) is 0 Å². The lowest BCUT2D eigenvalue weighted by Gasteiger charge is -2.16. The van der Waals surface area contributed by atoms with Crippen molar-refractivity contribution in [2.45, 2.75) is 13.8 Å². The topological polar surface area (TPSA) is 12.5 Å². The number of ether oxygens (including phenoxy) is 1. The van der Waals surface area contributed by atoms with E-state index in [2.05, 4.69) is 24.2 Å². The average molecular weight is 224 g/mol. The van der Waals surface area contributed by atoms with Gasteiger partial charge >= 0.3 is 0 Å². The summed E-state index contributed by atoms with van der Waals surface area (Å²) in [6.07, 6.45) is 0. The quantitative estimate of drug-likeness (QED) is 0.522. The molecule has 0 amide bonds. The Morgan fingerprint density at radius 1 is 1.33 bits per heavy atom. The molecule has 0 spiro atoms. The van der Waals surface area contributed by atoms with Crippen molar-refractivity contribution in [2.75, 3.05) is 25.4 Å². The lowest BCUT2D eigenvalue weighted by atomic mass is 10.3. The summed E-state index contributed by atoms with van der Waals surface area (Å²) in [4.78, 5) is 0. The van der Waals surface area contributed by atoms with Crippen LogP contribution in [0.4, 0.5) is 0 Å². The normalized spacial score (nSPS) is 10.6. The van der Waals surface area contributed by atoms with E-state index >= 15 is 0 Å². The van der Waals surface area contributed by atoms with Crippen molar-refractivity contribution in [3.8, 4) is 5.75 Å². The summed E-state index contributed by atoms with van der Waals surface area (Å²) in [5.41, 5.74) is 0. The van der Waals surface area contributed by atoms with Gasteiger partial charge < -0.3 is 4.74 Å². The second kappa shape index (κ2) is 7.60. The first-order valence-corrected chi connectivity index (χ1v) is 6.28. The Kier molecular flexibility index (Phi) is 6.28. The number of hydrogen-bond acceptors (Lipinski definition) is 3. The van der Waals surface area contributed by atoms with Crippen LogP contribution in [0.3, 0.4) is 0 Å². The van der Waals surface area contributed by atoms with E-state index in [0.717, 1.165) is 31.2 Å². The molecule has 0 N–H and O–H groups in total. The minimum atomic E-state index is 0.738. The first kappa shape index (κ1) is 12.4. The molecule has 0 saturated carbocycles. The molecule has 1 rings (SSSR count). The first-order valence-electron chi connectivity index (χ1n) is 5.34. The van der Waals surface area contributed by atoms with Crippen LogP contribution in [0, 0.1) is 6.07 Å². The second-order valence-electron chi connectivity index (χ2n) is 3.02. The van der Waals surface area contributed by atoms with Crippen LogP contribution in [0.5, 0.6) is 5.75 Å². The fourth-order valence-electron chi connectivity index (χ4n) is 1.19. The second-order valence-corrected chi connectivity index (χ2v) is 4.21. The molecule has 0 heterocycles. The van der Waals surface area contributed by atoms with E-state index in [4.69, 9.17) is 4.74 Å². The molecule has 1 aromatic rings. The van der Waals surface area contributed by atoms with Crippen molar-refractivity contribution in [3.63, 3.8) is 0 Å². The molecule has 0 fully saturated rings. The smallest absolute Gasteiger partial charge is 0.127 e. The number of benzene rings is 1. The van der Waals surface area contributed by atoms with Gasteiger partial charge in [0.2, 0.25) is 0 Å². The molecule has 1 aromatic carbocycles. The molecule has 0 atom stereocenters. The van der Waals surface area contributed by atoms with E-state index in [0.29, 0.717) is 0 Å². The fourth-order valence-corrected chi connectivity index (χ4v) is 1.97. The largest absolute Gasteiger partial charge is 0.492 e. The number of hydrogen-bond donors (Lipinski definition) is 0. The Morgan fingerprint density at radius 3 is 2.73 bits per heavy atom. The maximum atomic E-state index is 5.54. The third kappa shape index (κ3) is 5.09. The third-order valence-electron chi connectivity index (χ3n) is 2.00. The summed E-state index contributed by atoms with van der Waals surface area (Å²) in [6.45, 7) is 7.24. The highest BCUT2D eigenvalue weighted by molar-refractivity contribution is 7.97. The molecule has 0 aliphatic carbocycles. The average Bonchev–Trinajstić information content (AvgIpc) is 2.31. The Labute approximate surface area is 96.8 Å². The third-order valence-corrected chi connectivity index (χ3v) is 3.23. The summed E-state index contributed by atoms with van der Waals surface area (Å²) in [7, 11) is 0. The predicted octanol–water partition coefficient (Wildman–Crippen LogP) is 2.86. The van der Waals surface area contributed by atoms with Gasteiger partial charge in [0.1, 0.15) is 5.75 Å². The number of para-hydroxylation sites is 1. The van der Waals surface area contributed by atoms with E-state index in [1.807, 2.05) is 36.2 Å². The van der Waals surface area contributed by atoms with Crippen molar-refractivity contribution < 1.29 is 4.74 Å². The predicted molar refractivity (Wildman–Crippen MR) is 66.2 cm³/mol. The van der Waals surface area contributed by atoms with E-state index in [1.165, 1.54) is 0 Å².